The van der Waals surface area contributed by atoms with E-state index in [4.69, 9.17) is 27.3 Å². The Balaban J connectivity index is 2.19. The predicted octanol–water partition coefficient (Wildman–Crippen LogP) is 3.60. The zero-order chi connectivity index (χ0) is 15.2. The van der Waals surface area contributed by atoms with Crippen LogP contribution in [0.2, 0.25) is 5.02 Å². The van der Waals surface area contributed by atoms with Gasteiger partial charge in [-0.1, -0.05) is 29.8 Å². The molecule has 0 unspecified atom stereocenters. The number of benzene rings is 2. The quantitative estimate of drug-likeness (QED) is 0.918. The highest BCUT2D eigenvalue weighted by Gasteiger charge is 2.09. The number of ether oxygens (including phenoxy) is 1. The van der Waals surface area contributed by atoms with Crippen molar-refractivity contribution in [3.05, 3.63) is 63.7 Å². The van der Waals surface area contributed by atoms with Crippen molar-refractivity contribution in [1.29, 1.82) is 5.26 Å². The minimum absolute atomic E-state index is 0.416. The molecule has 0 fully saturated rings. The molecule has 0 aliphatic heterocycles. The Labute approximate surface area is 129 Å². The minimum Gasteiger partial charge on any atom is -0.487 e. The molecular formula is C17H17ClN2O. The molecule has 0 aliphatic rings. The molecule has 4 heteroatoms. The van der Waals surface area contributed by atoms with Crippen LogP contribution in [0.25, 0.3) is 0 Å². The normalized spacial score (nSPS) is 10.2. The summed E-state index contributed by atoms with van der Waals surface area (Å²) < 4.78 is 5.89. The summed E-state index contributed by atoms with van der Waals surface area (Å²) >= 11 is 6.21. The molecule has 0 bridgehead atoms. The maximum atomic E-state index is 8.88. The number of nitrogens with zero attached hydrogens (tertiary/aromatic N) is 1. The molecule has 2 aromatic carbocycles. The summed E-state index contributed by atoms with van der Waals surface area (Å²) in [6.45, 7) is 2.93. The lowest BCUT2D eigenvalue weighted by molar-refractivity contribution is 0.302. The van der Waals surface area contributed by atoms with Gasteiger partial charge in [0, 0.05) is 0 Å². The van der Waals surface area contributed by atoms with Crippen LogP contribution in [0.1, 0.15) is 22.3 Å². The van der Waals surface area contributed by atoms with Crippen LogP contribution in [-0.4, -0.2) is 6.54 Å². The highest BCUT2D eigenvalue weighted by atomic mass is 35.5. The highest BCUT2D eigenvalue weighted by Crippen LogP contribution is 2.30. The molecule has 0 spiro atoms. The van der Waals surface area contributed by atoms with Gasteiger partial charge in [-0.15, -0.1) is 0 Å². The van der Waals surface area contributed by atoms with Gasteiger partial charge in [0.2, 0.25) is 0 Å². The maximum Gasteiger partial charge on any atom is 0.141 e. The lowest BCUT2D eigenvalue weighted by Gasteiger charge is -2.14. The van der Waals surface area contributed by atoms with Crippen LogP contribution < -0.4 is 10.5 Å². The molecule has 0 aliphatic carbocycles. The summed E-state index contributed by atoms with van der Waals surface area (Å²) in [5.74, 6) is 0.688. The third-order valence-corrected chi connectivity index (χ3v) is 3.60. The largest absolute Gasteiger partial charge is 0.487 e. The molecule has 0 heterocycles. The second-order valence-corrected chi connectivity index (χ2v) is 5.22. The molecule has 2 N–H and O–H groups in total. The van der Waals surface area contributed by atoms with Crippen LogP contribution in [0.3, 0.4) is 0 Å². The fourth-order valence-electron chi connectivity index (χ4n) is 2.14. The first-order valence-electron chi connectivity index (χ1n) is 6.75. The first-order valence-corrected chi connectivity index (χ1v) is 7.13. The third kappa shape index (κ3) is 3.75. The predicted molar refractivity (Wildman–Crippen MR) is 84.4 cm³/mol. The summed E-state index contributed by atoms with van der Waals surface area (Å²) in [7, 11) is 0. The molecule has 108 valence electrons. The van der Waals surface area contributed by atoms with Crippen molar-refractivity contribution in [2.45, 2.75) is 20.0 Å². The van der Waals surface area contributed by atoms with Crippen molar-refractivity contribution in [1.82, 2.24) is 0 Å². The van der Waals surface area contributed by atoms with Gasteiger partial charge in [0.25, 0.3) is 0 Å². The van der Waals surface area contributed by atoms with Gasteiger partial charge in [0.15, 0.2) is 0 Å². The summed E-state index contributed by atoms with van der Waals surface area (Å²) in [4.78, 5) is 0. The van der Waals surface area contributed by atoms with Gasteiger partial charge in [-0.2, -0.15) is 5.26 Å². The summed E-state index contributed by atoms with van der Waals surface area (Å²) in [6.07, 6.45) is 0.724. The first kappa shape index (κ1) is 15.4. The maximum absolute atomic E-state index is 8.88. The number of nitriles is 1. The monoisotopic (exact) mass is 300 g/mol. The number of hydrogen-bond donors (Lipinski definition) is 1. The van der Waals surface area contributed by atoms with E-state index in [1.807, 2.05) is 37.3 Å². The first-order chi connectivity index (χ1) is 10.2. The molecule has 0 radical (unpaired) electrons. The van der Waals surface area contributed by atoms with Crippen molar-refractivity contribution in [2.24, 2.45) is 5.73 Å². The number of nitrogens with two attached hydrogens (primary N) is 1. The van der Waals surface area contributed by atoms with Crippen molar-refractivity contribution in [2.75, 3.05) is 6.54 Å². The average Bonchev–Trinajstić information content (AvgIpc) is 2.48. The van der Waals surface area contributed by atoms with Gasteiger partial charge >= 0.3 is 0 Å². The van der Waals surface area contributed by atoms with Gasteiger partial charge in [-0.05, 0) is 54.8 Å². The lowest BCUT2D eigenvalue weighted by Crippen LogP contribution is -2.06. The van der Waals surface area contributed by atoms with E-state index >= 15 is 0 Å². The zero-order valence-corrected chi connectivity index (χ0v) is 12.7. The Morgan fingerprint density at radius 1 is 1.24 bits per heavy atom. The molecule has 3 nitrogen and oxygen atoms in total. The highest BCUT2D eigenvalue weighted by molar-refractivity contribution is 6.32. The Hall–Kier alpha value is -2.02. The summed E-state index contributed by atoms with van der Waals surface area (Å²) in [5, 5.41) is 9.47. The van der Waals surface area contributed by atoms with Crippen molar-refractivity contribution in [3.63, 3.8) is 0 Å². The van der Waals surface area contributed by atoms with Crippen LogP contribution in [-0.2, 0) is 13.0 Å². The molecule has 0 saturated carbocycles. The van der Waals surface area contributed by atoms with Crippen LogP contribution in [0.4, 0.5) is 0 Å². The molecule has 0 aromatic heterocycles. The number of aryl methyl sites for hydroxylation is 1. The van der Waals surface area contributed by atoms with Crippen LogP contribution in [0, 0.1) is 18.3 Å². The Bertz CT molecular complexity index is 677. The van der Waals surface area contributed by atoms with Crippen molar-refractivity contribution >= 4 is 11.6 Å². The fourth-order valence-corrected chi connectivity index (χ4v) is 2.39. The molecule has 2 aromatic rings. The second-order valence-electron chi connectivity index (χ2n) is 4.81. The topological polar surface area (TPSA) is 59.0 Å². The minimum atomic E-state index is 0.416. The molecule has 2 rings (SSSR count). The van der Waals surface area contributed by atoms with E-state index in [9.17, 15) is 0 Å². The van der Waals surface area contributed by atoms with Gasteiger partial charge in [0.1, 0.15) is 12.4 Å². The van der Waals surface area contributed by atoms with Gasteiger partial charge in [-0.3, -0.25) is 0 Å². The van der Waals surface area contributed by atoms with Gasteiger partial charge in [0.05, 0.1) is 16.7 Å². The van der Waals surface area contributed by atoms with Crippen molar-refractivity contribution in [3.8, 4) is 11.8 Å². The van der Waals surface area contributed by atoms with Gasteiger partial charge in [-0.25, -0.2) is 0 Å². The van der Waals surface area contributed by atoms with E-state index in [2.05, 4.69) is 6.07 Å². The number of hydrogen-bond acceptors (Lipinski definition) is 3. The Morgan fingerprint density at radius 2 is 2.05 bits per heavy atom. The Kier molecular flexibility index (Phi) is 5.21. The zero-order valence-electron chi connectivity index (χ0n) is 11.9. The van der Waals surface area contributed by atoms with Gasteiger partial charge < -0.3 is 10.5 Å². The van der Waals surface area contributed by atoms with E-state index in [1.165, 1.54) is 0 Å². The third-order valence-electron chi connectivity index (χ3n) is 3.31. The Morgan fingerprint density at radius 3 is 2.71 bits per heavy atom. The number of para-hydroxylation sites is 1. The average molecular weight is 301 g/mol. The number of rotatable bonds is 5. The van der Waals surface area contributed by atoms with E-state index in [-0.39, 0.29) is 0 Å². The molecule has 0 amide bonds. The van der Waals surface area contributed by atoms with Crippen LogP contribution >= 0.6 is 11.6 Å². The second kappa shape index (κ2) is 7.12. The smallest absolute Gasteiger partial charge is 0.141 e. The van der Waals surface area contributed by atoms with E-state index < -0.39 is 0 Å². The molecule has 0 atom stereocenters. The molecular weight excluding hydrogens is 284 g/mol. The van der Waals surface area contributed by atoms with Crippen LogP contribution in [0.5, 0.6) is 5.75 Å². The van der Waals surface area contributed by atoms with E-state index in [1.54, 1.807) is 6.07 Å². The van der Waals surface area contributed by atoms with Crippen molar-refractivity contribution < 1.29 is 4.74 Å². The van der Waals surface area contributed by atoms with E-state index in [0.29, 0.717) is 29.5 Å². The molecule has 21 heavy (non-hydrogen) atoms. The molecule has 0 saturated heterocycles. The summed E-state index contributed by atoms with van der Waals surface area (Å²) in [5.41, 5.74) is 9.34. The fraction of sp³-hybridized carbons (Fsp3) is 0.235. The number of halogens is 1. The SMILES string of the molecule is Cc1cc(C#N)ccc1COc1c(Cl)cccc1CCN. The van der Waals surface area contributed by atoms with E-state index in [0.717, 1.165) is 23.1 Å². The van der Waals surface area contributed by atoms with Crippen LogP contribution in [0.15, 0.2) is 36.4 Å². The standard InChI is InChI=1S/C17H17ClN2O/c1-12-9-13(10-20)5-6-15(12)11-21-17-14(7-8-19)3-2-4-16(17)18/h2-6,9H,7-8,11,19H2,1H3. The lowest BCUT2D eigenvalue weighted by atomic mass is 10.1. The summed E-state index contributed by atoms with van der Waals surface area (Å²) in [6, 6.07) is 13.4.